The van der Waals surface area contributed by atoms with Gasteiger partial charge in [0.15, 0.2) is 0 Å². The molecule has 1 aromatic heterocycles. The normalized spacial score (nSPS) is 10.7. The summed E-state index contributed by atoms with van der Waals surface area (Å²) in [6.07, 6.45) is 1.82. The van der Waals surface area contributed by atoms with E-state index in [2.05, 4.69) is 39.7 Å². The maximum absolute atomic E-state index is 6.05. The molecule has 0 fully saturated rings. The lowest BCUT2D eigenvalue weighted by atomic mass is 10.1. The summed E-state index contributed by atoms with van der Waals surface area (Å²) in [6.45, 7) is 2.03. The zero-order chi connectivity index (χ0) is 9.42. The Bertz CT molecular complexity index is 462. The van der Waals surface area contributed by atoms with Crippen LogP contribution >= 0.6 is 34.2 Å². The van der Waals surface area contributed by atoms with E-state index in [1.54, 1.807) is 0 Å². The van der Waals surface area contributed by atoms with Gasteiger partial charge in [-0.1, -0.05) is 11.6 Å². The van der Waals surface area contributed by atoms with Crippen LogP contribution in [0.5, 0.6) is 0 Å². The zero-order valence-electron chi connectivity index (χ0n) is 7.01. The number of hydrogen-bond donors (Lipinski definition) is 0. The predicted molar refractivity (Wildman–Crippen MR) is 64.2 cm³/mol. The smallest absolute Gasteiger partial charge is 0.0889 e. The third-order valence-electron chi connectivity index (χ3n) is 1.85. The van der Waals surface area contributed by atoms with Gasteiger partial charge in [-0.2, -0.15) is 0 Å². The van der Waals surface area contributed by atoms with Crippen molar-refractivity contribution in [1.29, 1.82) is 0 Å². The first-order chi connectivity index (χ1) is 6.16. The van der Waals surface area contributed by atoms with Crippen molar-refractivity contribution in [3.63, 3.8) is 0 Å². The Kier molecular flexibility index (Phi) is 2.43. The van der Waals surface area contributed by atoms with Crippen LogP contribution in [0.1, 0.15) is 5.56 Å². The largest absolute Gasteiger partial charge is 0.254 e. The Morgan fingerprint density at radius 1 is 1.31 bits per heavy atom. The molecule has 0 aliphatic carbocycles. The molecule has 0 aliphatic heterocycles. The SMILES string of the molecule is Cc1cc(Cl)c2ncc(I)cc2c1. The van der Waals surface area contributed by atoms with E-state index in [0.717, 1.165) is 19.5 Å². The van der Waals surface area contributed by atoms with E-state index >= 15 is 0 Å². The van der Waals surface area contributed by atoms with Crippen LogP contribution in [0.2, 0.25) is 5.02 Å². The maximum Gasteiger partial charge on any atom is 0.0889 e. The number of pyridine rings is 1. The van der Waals surface area contributed by atoms with Gasteiger partial charge in [-0.25, -0.2) is 0 Å². The molecule has 0 N–H and O–H groups in total. The predicted octanol–water partition coefficient (Wildman–Crippen LogP) is 3.80. The number of benzene rings is 1. The van der Waals surface area contributed by atoms with Gasteiger partial charge in [-0.15, -0.1) is 0 Å². The molecule has 0 radical (unpaired) electrons. The van der Waals surface area contributed by atoms with Crippen molar-refractivity contribution in [3.8, 4) is 0 Å². The van der Waals surface area contributed by atoms with E-state index in [4.69, 9.17) is 11.6 Å². The van der Waals surface area contributed by atoms with Crippen molar-refractivity contribution in [3.05, 3.63) is 38.6 Å². The average molecular weight is 304 g/mol. The zero-order valence-corrected chi connectivity index (χ0v) is 9.93. The highest BCUT2D eigenvalue weighted by atomic mass is 127. The lowest BCUT2D eigenvalue weighted by Crippen LogP contribution is -1.83. The van der Waals surface area contributed by atoms with Gasteiger partial charge in [0.25, 0.3) is 0 Å². The molecule has 0 bridgehead atoms. The molecule has 0 unspecified atom stereocenters. The maximum atomic E-state index is 6.05. The van der Waals surface area contributed by atoms with Gasteiger partial charge in [0.2, 0.25) is 0 Å². The van der Waals surface area contributed by atoms with Crippen LogP contribution < -0.4 is 0 Å². The van der Waals surface area contributed by atoms with Crippen molar-refractivity contribution in [1.82, 2.24) is 4.98 Å². The monoisotopic (exact) mass is 303 g/mol. The van der Waals surface area contributed by atoms with Crippen molar-refractivity contribution in [2.24, 2.45) is 0 Å². The second-order valence-corrected chi connectivity index (χ2v) is 4.62. The van der Waals surface area contributed by atoms with Crippen LogP contribution in [0, 0.1) is 10.5 Å². The molecule has 0 saturated heterocycles. The molecular formula is C10H7ClIN. The third-order valence-corrected chi connectivity index (χ3v) is 2.73. The third kappa shape index (κ3) is 1.79. The molecule has 0 aliphatic rings. The van der Waals surface area contributed by atoms with E-state index in [1.165, 1.54) is 5.56 Å². The molecule has 0 saturated carbocycles. The molecule has 1 aromatic carbocycles. The van der Waals surface area contributed by atoms with E-state index in [0.29, 0.717) is 0 Å². The topological polar surface area (TPSA) is 12.9 Å². The quantitative estimate of drug-likeness (QED) is 0.675. The molecule has 0 amide bonds. The van der Waals surface area contributed by atoms with E-state index in [-0.39, 0.29) is 0 Å². The van der Waals surface area contributed by atoms with Gasteiger partial charge in [-0.3, -0.25) is 4.98 Å². The van der Waals surface area contributed by atoms with Crippen LogP contribution in [0.4, 0.5) is 0 Å². The Morgan fingerprint density at radius 2 is 2.08 bits per heavy atom. The highest BCUT2D eigenvalue weighted by molar-refractivity contribution is 14.1. The van der Waals surface area contributed by atoms with E-state index < -0.39 is 0 Å². The molecular weight excluding hydrogens is 296 g/mol. The van der Waals surface area contributed by atoms with Crippen LogP contribution in [-0.4, -0.2) is 4.98 Å². The highest BCUT2D eigenvalue weighted by Crippen LogP contribution is 2.24. The lowest BCUT2D eigenvalue weighted by molar-refractivity contribution is 1.37. The minimum atomic E-state index is 0.728. The number of hydrogen-bond acceptors (Lipinski definition) is 1. The summed E-state index contributed by atoms with van der Waals surface area (Å²) >= 11 is 8.30. The summed E-state index contributed by atoms with van der Waals surface area (Å²) in [5.41, 5.74) is 2.05. The summed E-state index contributed by atoms with van der Waals surface area (Å²) < 4.78 is 1.13. The first-order valence-electron chi connectivity index (χ1n) is 3.88. The molecule has 1 heterocycles. The highest BCUT2D eigenvalue weighted by Gasteiger charge is 2.01. The molecule has 13 heavy (non-hydrogen) atoms. The number of aromatic nitrogens is 1. The van der Waals surface area contributed by atoms with Gasteiger partial charge >= 0.3 is 0 Å². The van der Waals surface area contributed by atoms with E-state index in [1.807, 2.05) is 19.2 Å². The summed E-state index contributed by atoms with van der Waals surface area (Å²) in [6, 6.07) is 6.11. The average Bonchev–Trinajstić information content (AvgIpc) is 2.02. The molecule has 0 spiro atoms. The standard InChI is InChI=1S/C10H7ClIN/c1-6-2-7-4-8(12)5-13-10(7)9(11)3-6/h2-5H,1H3. The second kappa shape index (κ2) is 3.42. The lowest BCUT2D eigenvalue weighted by Gasteiger charge is -2.01. The molecule has 3 heteroatoms. The second-order valence-electron chi connectivity index (χ2n) is 2.97. The number of rotatable bonds is 0. The summed E-state index contributed by atoms with van der Waals surface area (Å²) in [5.74, 6) is 0. The first-order valence-corrected chi connectivity index (χ1v) is 5.34. The Hall–Kier alpha value is -0.350. The van der Waals surface area contributed by atoms with Crippen LogP contribution in [-0.2, 0) is 0 Å². The minimum Gasteiger partial charge on any atom is -0.254 e. The van der Waals surface area contributed by atoms with Crippen molar-refractivity contribution >= 4 is 45.1 Å². The van der Waals surface area contributed by atoms with Gasteiger partial charge in [0.05, 0.1) is 10.5 Å². The minimum absolute atomic E-state index is 0.728. The number of aryl methyl sites for hydroxylation is 1. The fraction of sp³-hybridized carbons (Fsp3) is 0.100. The molecule has 0 atom stereocenters. The Labute approximate surface area is 95.3 Å². The molecule has 2 aromatic rings. The number of halogens is 2. The van der Waals surface area contributed by atoms with Crippen LogP contribution in [0.3, 0.4) is 0 Å². The van der Waals surface area contributed by atoms with Gasteiger partial charge in [0, 0.05) is 15.2 Å². The Balaban J connectivity index is 2.86. The fourth-order valence-electron chi connectivity index (χ4n) is 1.32. The summed E-state index contributed by atoms with van der Waals surface area (Å²) in [5, 5.41) is 1.84. The summed E-state index contributed by atoms with van der Waals surface area (Å²) in [7, 11) is 0. The number of fused-ring (bicyclic) bond motifs is 1. The van der Waals surface area contributed by atoms with Gasteiger partial charge in [-0.05, 0) is 53.3 Å². The van der Waals surface area contributed by atoms with E-state index in [9.17, 15) is 0 Å². The van der Waals surface area contributed by atoms with Crippen molar-refractivity contribution in [2.75, 3.05) is 0 Å². The fourth-order valence-corrected chi connectivity index (χ4v) is 2.12. The van der Waals surface area contributed by atoms with Crippen molar-refractivity contribution < 1.29 is 0 Å². The summed E-state index contributed by atoms with van der Waals surface area (Å²) in [4.78, 5) is 4.28. The van der Waals surface area contributed by atoms with Crippen LogP contribution in [0.25, 0.3) is 10.9 Å². The first kappa shape index (κ1) is 9.21. The van der Waals surface area contributed by atoms with Gasteiger partial charge in [0.1, 0.15) is 0 Å². The Morgan fingerprint density at radius 3 is 2.85 bits per heavy atom. The van der Waals surface area contributed by atoms with Gasteiger partial charge < -0.3 is 0 Å². The molecule has 66 valence electrons. The number of nitrogens with zero attached hydrogens (tertiary/aromatic N) is 1. The molecule has 1 nitrogen and oxygen atoms in total. The molecule has 2 rings (SSSR count). The van der Waals surface area contributed by atoms with Crippen LogP contribution in [0.15, 0.2) is 24.4 Å². The van der Waals surface area contributed by atoms with Crippen molar-refractivity contribution in [2.45, 2.75) is 6.92 Å².